The average molecular weight is 485 g/mol. The van der Waals surface area contributed by atoms with Crippen LogP contribution in [-0.2, 0) is 14.8 Å². The van der Waals surface area contributed by atoms with Gasteiger partial charge in [-0.05, 0) is 42.5 Å². The number of likely N-dealkylation sites (N-methyl/N-ethyl adjacent to an activating group) is 1. The summed E-state index contributed by atoms with van der Waals surface area (Å²) < 4.78 is 50.2. The Morgan fingerprint density at radius 1 is 0.971 bits per heavy atom. The van der Waals surface area contributed by atoms with Crippen molar-refractivity contribution < 1.29 is 32.2 Å². The third-order valence-electron chi connectivity index (χ3n) is 5.23. The standard InChI is InChI=1S/C24H24N2O7S/c1-26(12-13-30-2)34(28,29)23-14-18-21(33-20-7-5-4-6-19(20)25-24(18)27)15-22(23)32-17-10-8-16(31-3)9-11-17/h4-11,14-15H,12-13H2,1-3H3,(H,25,27). The van der Waals surface area contributed by atoms with E-state index in [2.05, 4.69) is 5.32 Å². The molecule has 0 aliphatic carbocycles. The maximum Gasteiger partial charge on any atom is 0.259 e. The smallest absolute Gasteiger partial charge is 0.259 e. The fourth-order valence-electron chi connectivity index (χ4n) is 3.33. The van der Waals surface area contributed by atoms with Gasteiger partial charge in [-0.15, -0.1) is 0 Å². The topological polar surface area (TPSA) is 103 Å². The molecule has 3 aromatic carbocycles. The molecule has 3 aromatic rings. The van der Waals surface area contributed by atoms with Gasteiger partial charge < -0.3 is 24.3 Å². The lowest BCUT2D eigenvalue weighted by atomic mass is 10.1. The summed E-state index contributed by atoms with van der Waals surface area (Å²) >= 11 is 0. The Bertz CT molecular complexity index is 1310. The number of ether oxygens (including phenoxy) is 4. The molecular formula is C24H24N2O7S. The van der Waals surface area contributed by atoms with Crippen LogP contribution in [0.2, 0.25) is 0 Å². The van der Waals surface area contributed by atoms with Gasteiger partial charge in [-0.25, -0.2) is 8.42 Å². The van der Waals surface area contributed by atoms with Gasteiger partial charge in [0, 0.05) is 26.8 Å². The number of methoxy groups -OCH3 is 2. The molecule has 10 heteroatoms. The van der Waals surface area contributed by atoms with Crippen LogP contribution in [0.15, 0.2) is 65.6 Å². The van der Waals surface area contributed by atoms with Gasteiger partial charge in [-0.3, -0.25) is 4.79 Å². The van der Waals surface area contributed by atoms with E-state index in [1.807, 2.05) is 0 Å². The number of nitrogens with zero attached hydrogens (tertiary/aromatic N) is 1. The lowest BCUT2D eigenvalue weighted by Gasteiger charge is -2.20. The zero-order valence-electron chi connectivity index (χ0n) is 18.9. The molecule has 0 saturated heterocycles. The number of nitrogens with one attached hydrogen (secondary N) is 1. The molecule has 0 unspecified atom stereocenters. The molecule has 1 N–H and O–H groups in total. The minimum absolute atomic E-state index is 0.0142. The number of amides is 1. The van der Waals surface area contributed by atoms with Gasteiger partial charge in [0.05, 0.1) is 25.0 Å². The van der Waals surface area contributed by atoms with Crippen molar-refractivity contribution in [3.63, 3.8) is 0 Å². The van der Waals surface area contributed by atoms with Crippen LogP contribution in [0.4, 0.5) is 5.69 Å². The molecule has 1 aliphatic rings. The molecular weight excluding hydrogens is 460 g/mol. The second-order valence-electron chi connectivity index (χ2n) is 7.44. The zero-order valence-corrected chi connectivity index (χ0v) is 19.7. The third-order valence-corrected chi connectivity index (χ3v) is 7.11. The molecule has 178 valence electrons. The van der Waals surface area contributed by atoms with Gasteiger partial charge in [0.2, 0.25) is 10.0 Å². The molecule has 0 fully saturated rings. The highest BCUT2D eigenvalue weighted by molar-refractivity contribution is 7.89. The second kappa shape index (κ2) is 9.72. The number of sulfonamides is 1. The summed E-state index contributed by atoms with van der Waals surface area (Å²) in [5, 5.41) is 2.76. The van der Waals surface area contributed by atoms with Crippen molar-refractivity contribution in [2.75, 3.05) is 39.7 Å². The second-order valence-corrected chi connectivity index (χ2v) is 9.46. The number of hydrogen-bond acceptors (Lipinski definition) is 7. The summed E-state index contributed by atoms with van der Waals surface area (Å²) in [6.07, 6.45) is 0. The lowest BCUT2D eigenvalue weighted by molar-refractivity contribution is 0.102. The first kappa shape index (κ1) is 23.6. The maximum atomic E-state index is 13.4. The molecule has 1 aliphatic heterocycles. The molecule has 1 amide bonds. The van der Waals surface area contributed by atoms with Crippen molar-refractivity contribution in [1.29, 1.82) is 0 Å². The molecule has 0 bridgehead atoms. The molecule has 0 radical (unpaired) electrons. The number of hydrogen-bond donors (Lipinski definition) is 1. The van der Waals surface area contributed by atoms with E-state index in [9.17, 15) is 13.2 Å². The van der Waals surface area contributed by atoms with Crippen molar-refractivity contribution in [3.8, 4) is 28.7 Å². The SMILES string of the molecule is COCCN(C)S(=O)(=O)c1cc2c(cc1Oc1ccc(OC)cc1)Oc1ccccc1NC2=O. The Morgan fingerprint density at radius 2 is 1.68 bits per heavy atom. The molecule has 1 heterocycles. The van der Waals surface area contributed by atoms with Crippen LogP contribution in [0.25, 0.3) is 0 Å². The van der Waals surface area contributed by atoms with Crippen molar-refractivity contribution in [2.45, 2.75) is 4.90 Å². The van der Waals surface area contributed by atoms with E-state index in [1.54, 1.807) is 55.6 Å². The van der Waals surface area contributed by atoms with E-state index < -0.39 is 15.9 Å². The minimum Gasteiger partial charge on any atom is -0.497 e. The molecule has 0 saturated carbocycles. The molecule has 0 spiro atoms. The van der Waals surface area contributed by atoms with Gasteiger partial charge in [-0.1, -0.05) is 12.1 Å². The van der Waals surface area contributed by atoms with Crippen molar-refractivity contribution >= 4 is 21.6 Å². The average Bonchev–Trinajstić information content (AvgIpc) is 2.97. The maximum absolute atomic E-state index is 13.4. The number of carbonyl (C=O) groups is 1. The monoisotopic (exact) mass is 484 g/mol. The number of fused-ring (bicyclic) bond motifs is 2. The van der Waals surface area contributed by atoms with Crippen molar-refractivity contribution in [3.05, 3.63) is 66.2 Å². The highest BCUT2D eigenvalue weighted by atomic mass is 32.2. The number of para-hydroxylation sites is 2. The highest BCUT2D eigenvalue weighted by Crippen LogP contribution is 2.41. The Balaban J connectivity index is 1.83. The van der Waals surface area contributed by atoms with Crippen molar-refractivity contribution in [1.82, 2.24) is 4.31 Å². The van der Waals surface area contributed by atoms with E-state index in [-0.39, 0.29) is 35.1 Å². The van der Waals surface area contributed by atoms with E-state index in [1.165, 1.54) is 26.3 Å². The summed E-state index contributed by atoms with van der Waals surface area (Å²) in [6.45, 7) is 0.320. The number of benzene rings is 3. The van der Waals surface area contributed by atoms with Gasteiger partial charge in [0.1, 0.15) is 22.1 Å². The molecule has 4 rings (SSSR count). The minimum atomic E-state index is -4.04. The Kier molecular flexibility index (Phi) is 6.73. The van der Waals surface area contributed by atoms with E-state index >= 15 is 0 Å². The zero-order chi connectivity index (χ0) is 24.3. The van der Waals surface area contributed by atoms with Crippen LogP contribution in [-0.4, -0.2) is 53.0 Å². The quantitative estimate of drug-likeness (QED) is 0.513. The normalized spacial score (nSPS) is 12.8. The van der Waals surface area contributed by atoms with Crippen molar-refractivity contribution in [2.24, 2.45) is 0 Å². The first-order chi connectivity index (χ1) is 16.3. The van der Waals surface area contributed by atoms with E-state index in [0.717, 1.165) is 4.31 Å². The van der Waals surface area contributed by atoms with Crippen LogP contribution in [0, 0.1) is 0 Å². The van der Waals surface area contributed by atoms with Gasteiger partial charge in [0.15, 0.2) is 11.5 Å². The number of anilines is 1. The van der Waals surface area contributed by atoms with Gasteiger partial charge in [0.25, 0.3) is 5.91 Å². The van der Waals surface area contributed by atoms with Crippen LogP contribution in [0.3, 0.4) is 0 Å². The lowest BCUT2D eigenvalue weighted by Crippen LogP contribution is -2.30. The first-order valence-electron chi connectivity index (χ1n) is 10.4. The highest BCUT2D eigenvalue weighted by Gasteiger charge is 2.31. The predicted molar refractivity (Wildman–Crippen MR) is 126 cm³/mol. The van der Waals surface area contributed by atoms with Crippen LogP contribution in [0.5, 0.6) is 28.7 Å². The number of rotatable bonds is 8. The number of carbonyl (C=O) groups excluding carboxylic acids is 1. The van der Waals surface area contributed by atoms with Gasteiger partial charge in [-0.2, -0.15) is 4.31 Å². The third kappa shape index (κ3) is 4.69. The van der Waals surface area contributed by atoms with Crippen LogP contribution < -0.4 is 19.5 Å². The molecule has 9 nitrogen and oxygen atoms in total. The summed E-state index contributed by atoms with van der Waals surface area (Å²) in [7, 11) is 0.422. The summed E-state index contributed by atoms with van der Waals surface area (Å²) in [5.74, 6) is 1.13. The van der Waals surface area contributed by atoms with Gasteiger partial charge >= 0.3 is 0 Å². The van der Waals surface area contributed by atoms with Crippen LogP contribution >= 0.6 is 0 Å². The van der Waals surface area contributed by atoms with E-state index in [0.29, 0.717) is 22.9 Å². The molecule has 0 atom stereocenters. The Labute approximate surface area is 197 Å². The molecule has 0 aromatic heterocycles. The summed E-state index contributed by atoms with van der Waals surface area (Å²) in [4.78, 5) is 12.8. The van der Waals surface area contributed by atoms with Crippen LogP contribution in [0.1, 0.15) is 10.4 Å². The summed E-state index contributed by atoms with van der Waals surface area (Å²) in [5.41, 5.74) is 0.542. The fourth-order valence-corrected chi connectivity index (χ4v) is 4.60. The summed E-state index contributed by atoms with van der Waals surface area (Å²) in [6, 6.07) is 16.3. The fraction of sp³-hybridized carbons (Fsp3) is 0.208. The largest absolute Gasteiger partial charge is 0.497 e. The molecule has 34 heavy (non-hydrogen) atoms. The Morgan fingerprint density at radius 3 is 2.38 bits per heavy atom. The Hall–Kier alpha value is -3.60. The van der Waals surface area contributed by atoms with E-state index in [4.69, 9.17) is 18.9 Å². The first-order valence-corrected chi connectivity index (χ1v) is 11.8. The predicted octanol–water partition coefficient (Wildman–Crippen LogP) is 4.11.